The van der Waals surface area contributed by atoms with Gasteiger partial charge in [0.15, 0.2) is 13.2 Å². The van der Waals surface area contributed by atoms with E-state index in [1.165, 1.54) is 0 Å². The Morgan fingerprint density at radius 2 is 1.06 bits per heavy atom. The van der Waals surface area contributed by atoms with Crippen molar-refractivity contribution in [1.29, 1.82) is 0 Å². The van der Waals surface area contributed by atoms with Gasteiger partial charge in [0.1, 0.15) is 11.5 Å². The lowest BCUT2D eigenvalue weighted by atomic mass is 9.95. The smallest absolute Gasteiger partial charge is 0.422 e. The summed E-state index contributed by atoms with van der Waals surface area (Å²) in [5, 5.41) is 0. The molecular formula is C21H23F6NO4S. The number of nitrogens with one attached hydrogen (secondary N) is 1. The molecule has 0 aliphatic rings. The van der Waals surface area contributed by atoms with Crippen LogP contribution in [0.2, 0.25) is 0 Å². The van der Waals surface area contributed by atoms with Gasteiger partial charge >= 0.3 is 12.4 Å². The van der Waals surface area contributed by atoms with E-state index in [1.54, 1.807) is 27.7 Å². The minimum absolute atomic E-state index is 0.0255. The van der Waals surface area contributed by atoms with Crippen molar-refractivity contribution in [1.82, 2.24) is 0 Å². The van der Waals surface area contributed by atoms with Crippen molar-refractivity contribution in [2.24, 2.45) is 0 Å². The fourth-order valence-electron chi connectivity index (χ4n) is 3.20. The van der Waals surface area contributed by atoms with Crippen LogP contribution < -0.4 is 14.2 Å². The molecule has 2 rings (SSSR count). The van der Waals surface area contributed by atoms with Crippen LogP contribution in [0.4, 0.5) is 32.0 Å². The summed E-state index contributed by atoms with van der Waals surface area (Å²) in [5.41, 5.74) is 3.03. The molecule has 5 nitrogen and oxygen atoms in total. The van der Waals surface area contributed by atoms with Crippen LogP contribution in [-0.4, -0.2) is 34.0 Å². The first-order valence-corrected chi connectivity index (χ1v) is 11.0. The zero-order valence-corrected chi connectivity index (χ0v) is 19.3. The van der Waals surface area contributed by atoms with Gasteiger partial charge in [-0.1, -0.05) is 0 Å². The molecule has 2 aromatic rings. The number of ether oxygens (including phenoxy) is 2. The highest BCUT2D eigenvalue weighted by molar-refractivity contribution is 7.92. The Labute approximate surface area is 187 Å². The first-order chi connectivity index (χ1) is 14.9. The highest BCUT2D eigenvalue weighted by atomic mass is 32.2. The molecule has 0 atom stereocenters. The summed E-state index contributed by atoms with van der Waals surface area (Å²) in [5.74, 6) is -1.04. The Kier molecular flexibility index (Phi) is 7.52. The number of alkyl halides is 6. The number of benzene rings is 2. The molecule has 0 saturated heterocycles. The molecule has 2 aromatic carbocycles. The Bertz CT molecular complexity index is 1080. The molecule has 0 spiro atoms. The molecule has 0 radical (unpaired) electrons. The molecule has 0 fully saturated rings. The second kappa shape index (κ2) is 9.32. The predicted molar refractivity (Wildman–Crippen MR) is 110 cm³/mol. The SMILES string of the molecule is Cc1c(C)c(C)c(S(=O)(=O)Nc2cc(OCC(F)(F)F)cc(OCC(F)(F)F)c2)c(C)c1C. The van der Waals surface area contributed by atoms with E-state index >= 15 is 0 Å². The topological polar surface area (TPSA) is 64.6 Å². The van der Waals surface area contributed by atoms with Crippen LogP contribution >= 0.6 is 0 Å². The van der Waals surface area contributed by atoms with Crippen LogP contribution in [0.15, 0.2) is 23.1 Å². The molecule has 0 aliphatic carbocycles. The van der Waals surface area contributed by atoms with Gasteiger partial charge < -0.3 is 9.47 Å². The second-order valence-corrected chi connectivity index (χ2v) is 9.18. The van der Waals surface area contributed by atoms with E-state index in [4.69, 9.17) is 0 Å². The summed E-state index contributed by atoms with van der Waals surface area (Å²) in [6.45, 7) is 5.14. The molecule has 0 saturated carbocycles. The fraction of sp³-hybridized carbons (Fsp3) is 0.429. The van der Waals surface area contributed by atoms with Gasteiger partial charge in [-0.15, -0.1) is 0 Å². The predicted octanol–water partition coefficient (Wildman–Crippen LogP) is 5.91. The lowest BCUT2D eigenvalue weighted by Crippen LogP contribution is -2.21. The van der Waals surface area contributed by atoms with Crippen LogP contribution in [0, 0.1) is 34.6 Å². The summed E-state index contributed by atoms with van der Waals surface area (Å²) in [4.78, 5) is -0.0255. The van der Waals surface area contributed by atoms with Gasteiger partial charge in [-0.05, 0) is 62.4 Å². The number of anilines is 1. The Morgan fingerprint density at radius 1 is 0.697 bits per heavy atom. The van der Waals surface area contributed by atoms with Crippen LogP contribution in [-0.2, 0) is 10.0 Å². The Balaban J connectivity index is 2.50. The maximum atomic E-state index is 13.2. The maximum absolute atomic E-state index is 13.2. The summed E-state index contributed by atoms with van der Waals surface area (Å²) >= 11 is 0. The summed E-state index contributed by atoms with van der Waals surface area (Å²) in [6, 6.07) is 2.68. The van der Waals surface area contributed by atoms with Gasteiger partial charge in [0.05, 0.1) is 10.6 Å². The second-order valence-electron chi connectivity index (χ2n) is 7.56. The van der Waals surface area contributed by atoms with Crippen molar-refractivity contribution in [2.75, 3.05) is 17.9 Å². The first-order valence-electron chi connectivity index (χ1n) is 9.55. The molecule has 0 amide bonds. The lowest BCUT2D eigenvalue weighted by molar-refractivity contribution is -0.153. The average molecular weight is 499 g/mol. The molecular weight excluding hydrogens is 476 g/mol. The van der Waals surface area contributed by atoms with Crippen molar-refractivity contribution in [2.45, 2.75) is 51.9 Å². The molecule has 33 heavy (non-hydrogen) atoms. The molecule has 12 heteroatoms. The third kappa shape index (κ3) is 6.92. The minimum Gasteiger partial charge on any atom is -0.484 e. The van der Waals surface area contributed by atoms with Crippen LogP contribution in [0.25, 0.3) is 0 Å². The standard InChI is InChI=1S/C21H23F6NO4S/c1-11-12(2)14(4)19(15(5)13(11)3)33(29,30)28-16-6-17(31-9-20(22,23)24)8-18(7-16)32-10-21(25,26)27/h6-8,28H,9-10H2,1-5H3. The maximum Gasteiger partial charge on any atom is 0.422 e. The Hall–Kier alpha value is -2.63. The fourth-order valence-corrected chi connectivity index (χ4v) is 4.85. The van der Waals surface area contributed by atoms with Gasteiger partial charge in [-0.3, -0.25) is 4.72 Å². The van der Waals surface area contributed by atoms with Gasteiger partial charge in [0.25, 0.3) is 10.0 Å². The zero-order chi connectivity index (χ0) is 25.4. The molecule has 0 aliphatic heterocycles. The van der Waals surface area contributed by atoms with Crippen LogP contribution in [0.3, 0.4) is 0 Å². The molecule has 0 unspecified atom stereocenters. The average Bonchev–Trinajstić information content (AvgIpc) is 2.66. The largest absolute Gasteiger partial charge is 0.484 e. The quantitative estimate of drug-likeness (QED) is 0.481. The normalized spacial score (nSPS) is 12.6. The van der Waals surface area contributed by atoms with Gasteiger partial charge in [-0.2, -0.15) is 26.3 Å². The van der Waals surface area contributed by atoms with E-state index in [0.717, 1.165) is 34.9 Å². The number of hydrogen-bond donors (Lipinski definition) is 1. The molecule has 1 N–H and O–H groups in total. The van der Waals surface area contributed by atoms with Crippen molar-refractivity contribution >= 4 is 15.7 Å². The van der Waals surface area contributed by atoms with E-state index in [2.05, 4.69) is 14.2 Å². The van der Waals surface area contributed by atoms with E-state index < -0.39 is 47.1 Å². The van der Waals surface area contributed by atoms with Crippen LogP contribution in [0.1, 0.15) is 27.8 Å². The minimum atomic E-state index is -4.71. The molecule has 184 valence electrons. The molecule has 0 heterocycles. The highest BCUT2D eigenvalue weighted by Crippen LogP contribution is 2.33. The number of rotatable bonds is 7. The van der Waals surface area contributed by atoms with Crippen molar-refractivity contribution in [3.05, 3.63) is 46.0 Å². The van der Waals surface area contributed by atoms with E-state index in [0.29, 0.717) is 11.1 Å². The lowest BCUT2D eigenvalue weighted by Gasteiger charge is -2.20. The van der Waals surface area contributed by atoms with E-state index in [9.17, 15) is 34.8 Å². The van der Waals surface area contributed by atoms with Gasteiger partial charge in [0.2, 0.25) is 0 Å². The van der Waals surface area contributed by atoms with Gasteiger partial charge in [-0.25, -0.2) is 8.42 Å². The molecule has 0 aromatic heterocycles. The monoisotopic (exact) mass is 499 g/mol. The zero-order valence-electron chi connectivity index (χ0n) is 18.5. The number of sulfonamides is 1. The summed E-state index contributed by atoms with van der Waals surface area (Å²) in [7, 11) is -4.26. The third-order valence-corrected chi connectivity index (χ3v) is 6.79. The van der Waals surface area contributed by atoms with Crippen molar-refractivity contribution < 1.29 is 44.2 Å². The summed E-state index contributed by atoms with van der Waals surface area (Å²) < 4.78 is 113. The first kappa shape index (κ1) is 26.6. The van der Waals surface area contributed by atoms with Crippen molar-refractivity contribution in [3.8, 4) is 11.5 Å². The summed E-state index contributed by atoms with van der Waals surface area (Å²) in [6.07, 6.45) is -9.43. The third-order valence-electron chi connectivity index (χ3n) is 5.14. The van der Waals surface area contributed by atoms with Crippen molar-refractivity contribution in [3.63, 3.8) is 0 Å². The highest BCUT2D eigenvalue weighted by Gasteiger charge is 2.30. The Morgan fingerprint density at radius 3 is 1.42 bits per heavy atom. The number of halogens is 6. The van der Waals surface area contributed by atoms with Gasteiger partial charge in [0, 0.05) is 18.2 Å². The number of hydrogen-bond acceptors (Lipinski definition) is 4. The van der Waals surface area contributed by atoms with Crippen LogP contribution in [0.5, 0.6) is 11.5 Å². The van der Waals surface area contributed by atoms with E-state index in [-0.39, 0.29) is 10.6 Å². The molecule has 0 bridgehead atoms. The van der Waals surface area contributed by atoms with E-state index in [1.807, 2.05) is 6.92 Å².